The van der Waals surface area contributed by atoms with Gasteiger partial charge in [0.2, 0.25) is 5.91 Å². The largest absolute Gasteiger partial charge is 0.486 e. The SMILES string of the molecule is CCC1CN(S(=O)(=O)c2ccc3c(c2)NC(=O)CCS3)c2cc(C)ccc2O1. The first kappa shape index (κ1) is 19.1. The number of fused-ring (bicyclic) bond motifs is 2. The molecular formula is C20H22N2O4S2. The van der Waals surface area contributed by atoms with Crippen LogP contribution in [0.3, 0.4) is 0 Å². The molecule has 2 heterocycles. The first-order valence-corrected chi connectivity index (χ1v) is 11.7. The van der Waals surface area contributed by atoms with E-state index in [4.69, 9.17) is 4.74 Å². The van der Waals surface area contributed by atoms with E-state index in [0.29, 0.717) is 35.7 Å². The van der Waals surface area contributed by atoms with Gasteiger partial charge in [-0.2, -0.15) is 0 Å². The summed E-state index contributed by atoms with van der Waals surface area (Å²) in [6.45, 7) is 4.16. The number of amides is 1. The second-order valence-corrected chi connectivity index (χ2v) is 9.96. The second kappa shape index (κ2) is 7.33. The van der Waals surface area contributed by atoms with E-state index in [-0.39, 0.29) is 23.5 Å². The molecule has 8 heteroatoms. The summed E-state index contributed by atoms with van der Waals surface area (Å²) in [5.41, 5.74) is 2.07. The highest BCUT2D eigenvalue weighted by atomic mass is 32.2. The van der Waals surface area contributed by atoms with E-state index in [2.05, 4.69) is 5.32 Å². The highest BCUT2D eigenvalue weighted by Gasteiger charge is 2.34. The van der Waals surface area contributed by atoms with E-state index < -0.39 is 10.0 Å². The number of benzene rings is 2. The Morgan fingerprint density at radius 2 is 2.07 bits per heavy atom. The van der Waals surface area contributed by atoms with Crippen molar-refractivity contribution in [3.63, 3.8) is 0 Å². The molecule has 2 aromatic carbocycles. The summed E-state index contributed by atoms with van der Waals surface area (Å²) in [7, 11) is -3.81. The normalized spacial score (nSPS) is 19.1. The molecule has 6 nitrogen and oxygen atoms in total. The molecule has 1 amide bonds. The van der Waals surface area contributed by atoms with Gasteiger partial charge in [-0.15, -0.1) is 11.8 Å². The average Bonchev–Trinajstić information content (AvgIpc) is 2.86. The fraction of sp³-hybridized carbons (Fsp3) is 0.350. The summed E-state index contributed by atoms with van der Waals surface area (Å²) in [5.74, 6) is 1.16. The van der Waals surface area contributed by atoms with Crippen LogP contribution in [0.15, 0.2) is 46.2 Å². The second-order valence-electron chi connectivity index (χ2n) is 6.96. The molecular weight excluding hydrogens is 396 g/mol. The van der Waals surface area contributed by atoms with E-state index in [1.807, 2.05) is 32.0 Å². The topological polar surface area (TPSA) is 75.7 Å². The zero-order valence-electron chi connectivity index (χ0n) is 15.8. The number of hydrogen-bond donors (Lipinski definition) is 1. The molecule has 0 saturated heterocycles. The number of rotatable bonds is 3. The van der Waals surface area contributed by atoms with Gasteiger partial charge in [-0.05, 0) is 49.2 Å². The van der Waals surface area contributed by atoms with Crippen LogP contribution in [-0.4, -0.2) is 32.7 Å². The fourth-order valence-electron chi connectivity index (χ4n) is 3.35. The van der Waals surface area contributed by atoms with Crippen LogP contribution in [0.25, 0.3) is 0 Å². The summed E-state index contributed by atoms with van der Waals surface area (Å²) < 4.78 is 34.4. The van der Waals surface area contributed by atoms with Crippen molar-refractivity contribution in [2.24, 2.45) is 0 Å². The predicted molar refractivity (Wildman–Crippen MR) is 111 cm³/mol. The number of carbonyl (C=O) groups excluding carboxylic acids is 1. The number of anilines is 2. The number of thioether (sulfide) groups is 1. The number of carbonyl (C=O) groups is 1. The molecule has 4 rings (SSSR count). The maximum absolute atomic E-state index is 13.5. The van der Waals surface area contributed by atoms with Gasteiger partial charge in [0, 0.05) is 17.1 Å². The van der Waals surface area contributed by atoms with Crippen molar-refractivity contribution in [3.8, 4) is 5.75 Å². The van der Waals surface area contributed by atoms with Gasteiger partial charge in [-0.1, -0.05) is 13.0 Å². The molecule has 148 valence electrons. The number of nitrogens with zero attached hydrogens (tertiary/aromatic N) is 1. The molecule has 1 unspecified atom stereocenters. The minimum atomic E-state index is -3.81. The van der Waals surface area contributed by atoms with E-state index in [1.165, 1.54) is 4.31 Å². The Bertz CT molecular complexity index is 1040. The summed E-state index contributed by atoms with van der Waals surface area (Å²) >= 11 is 1.55. The Morgan fingerprint density at radius 1 is 1.25 bits per heavy atom. The molecule has 0 spiro atoms. The number of aryl methyl sites for hydroxylation is 1. The van der Waals surface area contributed by atoms with Crippen molar-refractivity contribution in [2.75, 3.05) is 21.9 Å². The molecule has 0 saturated carbocycles. The summed E-state index contributed by atoms with van der Waals surface area (Å²) in [6.07, 6.45) is 0.910. The van der Waals surface area contributed by atoms with Crippen molar-refractivity contribution in [1.82, 2.24) is 0 Å². The Hall–Kier alpha value is -2.19. The van der Waals surface area contributed by atoms with Gasteiger partial charge in [0.05, 0.1) is 22.8 Å². The van der Waals surface area contributed by atoms with Crippen LogP contribution in [0.2, 0.25) is 0 Å². The number of hydrogen-bond acceptors (Lipinski definition) is 5. The van der Waals surface area contributed by atoms with E-state index in [9.17, 15) is 13.2 Å². The van der Waals surface area contributed by atoms with E-state index in [0.717, 1.165) is 10.5 Å². The molecule has 28 heavy (non-hydrogen) atoms. The van der Waals surface area contributed by atoms with Crippen LogP contribution in [0.4, 0.5) is 11.4 Å². The minimum absolute atomic E-state index is 0.0980. The molecule has 0 radical (unpaired) electrons. The number of ether oxygens (including phenoxy) is 1. The van der Waals surface area contributed by atoms with Gasteiger partial charge in [-0.3, -0.25) is 9.10 Å². The van der Waals surface area contributed by atoms with Gasteiger partial charge in [-0.25, -0.2) is 8.42 Å². The van der Waals surface area contributed by atoms with Crippen LogP contribution in [0.1, 0.15) is 25.3 Å². The van der Waals surface area contributed by atoms with Crippen molar-refractivity contribution in [1.29, 1.82) is 0 Å². The maximum Gasteiger partial charge on any atom is 0.264 e. The lowest BCUT2D eigenvalue weighted by atomic mass is 10.1. The minimum Gasteiger partial charge on any atom is -0.486 e. The molecule has 0 bridgehead atoms. The van der Waals surface area contributed by atoms with Crippen LogP contribution in [-0.2, 0) is 14.8 Å². The first-order chi connectivity index (χ1) is 13.4. The quantitative estimate of drug-likeness (QED) is 0.821. The monoisotopic (exact) mass is 418 g/mol. The Balaban J connectivity index is 1.78. The van der Waals surface area contributed by atoms with Crippen LogP contribution in [0, 0.1) is 6.92 Å². The maximum atomic E-state index is 13.5. The third kappa shape index (κ3) is 3.46. The molecule has 0 fully saturated rings. The van der Waals surface area contributed by atoms with Crippen molar-refractivity contribution in [2.45, 2.75) is 42.6 Å². The standard InChI is InChI=1S/C20H22N2O4S2/c1-3-14-12-22(17-10-13(2)4-6-18(17)26-14)28(24,25)15-5-7-19-16(11-15)21-20(23)8-9-27-19/h4-7,10-11,14H,3,8-9,12H2,1-2H3,(H,21,23). The molecule has 1 N–H and O–H groups in total. The lowest BCUT2D eigenvalue weighted by molar-refractivity contribution is -0.115. The van der Waals surface area contributed by atoms with Gasteiger partial charge < -0.3 is 10.1 Å². The summed E-state index contributed by atoms with van der Waals surface area (Å²) in [4.78, 5) is 12.9. The van der Waals surface area contributed by atoms with E-state index >= 15 is 0 Å². The van der Waals surface area contributed by atoms with E-state index in [1.54, 1.807) is 30.0 Å². The lowest BCUT2D eigenvalue weighted by Gasteiger charge is -2.35. The van der Waals surface area contributed by atoms with Crippen molar-refractivity contribution in [3.05, 3.63) is 42.0 Å². The molecule has 2 aromatic rings. The molecule has 2 aliphatic heterocycles. The Labute approximate surface area is 169 Å². The van der Waals surface area contributed by atoms with Gasteiger partial charge >= 0.3 is 0 Å². The third-order valence-corrected chi connectivity index (χ3v) is 7.75. The van der Waals surface area contributed by atoms with Gasteiger partial charge in [0.1, 0.15) is 11.9 Å². The van der Waals surface area contributed by atoms with Crippen LogP contribution < -0.4 is 14.4 Å². The summed E-state index contributed by atoms with van der Waals surface area (Å²) in [5, 5.41) is 2.82. The molecule has 0 aromatic heterocycles. The van der Waals surface area contributed by atoms with Crippen LogP contribution in [0.5, 0.6) is 5.75 Å². The van der Waals surface area contributed by atoms with Crippen molar-refractivity contribution >= 4 is 39.1 Å². The lowest BCUT2D eigenvalue weighted by Crippen LogP contribution is -2.43. The highest BCUT2D eigenvalue weighted by Crippen LogP contribution is 2.39. The highest BCUT2D eigenvalue weighted by molar-refractivity contribution is 7.99. The smallest absolute Gasteiger partial charge is 0.264 e. The zero-order chi connectivity index (χ0) is 19.9. The molecule has 0 aliphatic carbocycles. The number of nitrogens with one attached hydrogen (secondary N) is 1. The van der Waals surface area contributed by atoms with Crippen molar-refractivity contribution < 1.29 is 17.9 Å². The Kier molecular flexibility index (Phi) is 5.01. The first-order valence-electron chi connectivity index (χ1n) is 9.25. The molecule has 1 atom stereocenters. The van der Waals surface area contributed by atoms with Crippen LogP contribution >= 0.6 is 11.8 Å². The summed E-state index contributed by atoms with van der Waals surface area (Å²) in [6, 6.07) is 10.5. The van der Waals surface area contributed by atoms with Gasteiger partial charge in [0.25, 0.3) is 10.0 Å². The predicted octanol–water partition coefficient (Wildman–Crippen LogP) is 3.80. The zero-order valence-corrected chi connectivity index (χ0v) is 17.4. The Morgan fingerprint density at radius 3 is 2.86 bits per heavy atom. The number of sulfonamides is 1. The van der Waals surface area contributed by atoms with Gasteiger partial charge in [0.15, 0.2) is 0 Å². The average molecular weight is 419 g/mol. The third-order valence-electron chi connectivity index (χ3n) is 4.90. The molecule has 2 aliphatic rings. The fourth-order valence-corrected chi connectivity index (χ4v) is 5.81.